The summed E-state index contributed by atoms with van der Waals surface area (Å²) in [5, 5.41) is 0. The van der Waals surface area contributed by atoms with Crippen LogP contribution in [0, 0.1) is 16.7 Å². The Morgan fingerprint density at radius 2 is 2.12 bits per heavy atom. The average Bonchev–Trinajstić information content (AvgIpc) is 2.58. The number of fused-ring (bicyclic) bond motifs is 2. The molecule has 2 rings (SSSR count). The molecule has 0 aromatic rings. The summed E-state index contributed by atoms with van der Waals surface area (Å²) in [6.45, 7) is 9.10. The van der Waals surface area contributed by atoms with Crippen LogP contribution in [0.2, 0.25) is 0 Å². The topological polar surface area (TPSA) is 26.3 Å². The number of rotatable bonds is 4. The molecule has 0 N–H and O–H groups in total. The molecule has 2 nitrogen and oxygen atoms in total. The molecule has 2 fully saturated rings. The fraction of sp³-hybridized carbons (Fsp3) is 0.929. The van der Waals surface area contributed by atoms with Gasteiger partial charge in [-0.3, -0.25) is 0 Å². The van der Waals surface area contributed by atoms with Crippen molar-refractivity contribution in [2.24, 2.45) is 16.7 Å². The Balaban J connectivity index is 2.12. The van der Waals surface area contributed by atoms with Gasteiger partial charge in [0.15, 0.2) is 0 Å². The van der Waals surface area contributed by atoms with Gasteiger partial charge in [-0.15, -0.1) is 0 Å². The third-order valence-corrected chi connectivity index (χ3v) is 5.61. The van der Waals surface area contributed by atoms with E-state index in [0.29, 0.717) is 5.41 Å². The van der Waals surface area contributed by atoms with Crippen LogP contribution >= 0.6 is 0 Å². The first-order valence-electron chi connectivity index (χ1n) is 6.56. The molecule has 0 spiro atoms. The second-order valence-electron chi connectivity index (χ2n) is 6.32. The first kappa shape index (κ1) is 12.1. The molecular formula is C14H24O2. The van der Waals surface area contributed by atoms with Crippen LogP contribution in [0.25, 0.3) is 0 Å². The second kappa shape index (κ2) is 3.83. The van der Waals surface area contributed by atoms with Crippen LogP contribution in [-0.2, 0) is 9.53 Å². The Bertz CT molecular complexity index is 284. The van der Waals surface area contributed by atoms with E-state index < -0.39 is 0 Å². The zero-order valence-electron chi connectivity index (χ0n) is 11.0. The molecule has 0 amide bonds. The first-order chi connectivity index (χ1) is 7.45. The van der Waals surface area contributed by atoms with Gasteiger partial charge in [-0.2, -0.15) is 0 Å². The fourth-order valence-corrected chi connectivity index (χ4v) is 3.77. The van der Waals surface area contributed by atoms with Crippen molar-refractivity contribution in [3.8, 4) is 0 Å². The molecule has 4 unspecified atom stereocenters. The molecule has 2 heteroatoms. The van der Waals surface area contributed by atoms with Crippen LogP contribution in [0.1, 0.15) is 53.4 Å². The van der Waals surface area contributed by atoms with Gasteiger partial charge in [-0.25, -0.2) is 0 Å². The average molecular weight is 224 g/mol. The highest BCUT2D eigenvalue weighted by Gasteiger charge is 2.62. The van der Waals surface area contributed by atoms with E-state index in [1.807, 2.05) is 6.92 Å². The number of hydrogen-bond acceptors (Lipinski definition) is 2. The van der Waals surface area contributed by atoms with Crippen molar-refractivity contribution in [2.45, 2.75) is 65.6 Å². The summed E-state index contributed by atoms with van der Waals surface area (Å²) >= 11 is 0. The van der Waals surface area contributed by atoms with Crippen molar-refractivity contribution in [2.75, 3.05) is 0 Å². The van der Waals surface area contributed by atoms with Gasteiger partial charge in [0.1, 0.15) is 12.4 Å². The van der Waals surface area contributed by atoms with Gasteiger partial charge in [0.05, 0.1) is 6.10 Å². The maximum Gasteiger partial charge on any atom is 0.148 e. The maximum absolute atomic E-state index is 10.9. The number of aldehydes is 1. The van der Waals surface area contributed by atoms with Crippen LogP contribution < -0.4 is 0 Å². The highest BCUT2D eigenvalue weighted by atomic mass is 16.5. The molecule has 0 aromatic heterocycles. The lowest BCUT2D eigenvalue weighted by Gasteiger charge is -2.39. The highest BCUT2D eigenvalue weighted by Crippen LogP contribution is 2.66. The van der Waals surface area contributed by atoms with Gasteiger partial charge in [0.25, 0.3) is 0 Å². The molecule has 0 heterocycles. The minimum Gasteiger partial charge on any atom is -0.367 e. The summed E-state index contributed by atoms with van der Waals surface area (Å²) in [5.74, 6) is 0.784. The third kappa shape index (κ3) is 1.46. The molecule has 0 saturated heterocycles. The Kier molecular flexibility index (Phi) is 2.90. The molecular weight excluding hydrogens is 200 g/mol. The summed E-state index contributed by atoms with van der Waals surface area (Å²) in [5.41, 5.74) is 0.646. The molecule has 0 radical (unpaired) electrons. The molecule has 92 valence electrons. The van der Waals surface area contributed by atoms with Crippen LogP contribution in [-0.4, -0.2) is 18.5 Å². The molecule has 2 bridgehead atoms. The Hall–Kier alpha value is -0.370. The Labute approximate surface area is 98.7 Å². The van der Waals surface area contributed by atoms with Gasteiger partial charge >= 0.3 is 0 Å². The van der Waals surface area contributed by atoms with Crippen LogP contribution in [0.3, 0.4) is 0 Å². The maximum atomic E-state index is 10.9. The van der Waals surface area contributed by atoms with E-state index in [4.69, 9.17) is 4.74 Å². The van der Waals surface area contributed by atoms with E-state index in [0.717, 1.165) is 25.0 Å². The number of carbonyl (C=O) groups excluding carboxylic acids is 1. The summed E-state index contributed by atoms with van der Waals surface area (Å²) in [7, 11) is 0. The number of carbonyl (C=O) groups is 1. The van der Waals surface area contributed by atoms with Crippen molar-refractivity contribution in [3.63, 3.8) is 0 Å². The summed E-state index contributed by atoms with van der Waals surface area (Å²) in [6, 6.07) is 0. The van der Waals surface area contributed by atoms with E-state index in [1.165, 1.54) is 12.8 Å². The van der Waals surface area contributed by atoms with E-state index in [2.05, 4.69) is 20.8 Å². The molecule has 16 heavy (non-hydrogen) atoms. The normalized spacial score (nSPS) is 42.2. The molecule has 2 aliphatic carbocycles. The number of ether oxygens (including phenoxy) is 1. The van der Waals surface area contributed by atoms with Crippen LogP contribution in [0.5, 0.6) is 0 Å². The van der Waals surface area contributed by atoms with Crippen molar-refractivity contribution in [1.29, 1.82) is 0 Å². The quantitative estimate of drug-likeness (QED) is 0.685. The van der Waals surface area contributed by atoms with Crippen LogP contribution in [0.4, 0.5) is 0 Å². The summed E-state index contributed by atoms with van der Waals surface area (Å²) in [4.78, 5) is 10.9. The summed E-state index contributed by atoms with van der Waals surface area (Å²) < 4.78 is 6.01. The van der Waals surface area contributed by atoms with Gasteiger partial charge in [-0.1, -0.05) is 27.7 Å². The lowest BCUT2D eigenvalue weighted by molar-refractivity contribution is -0.130. The SMILES string of the molecule is CCC(C=O)OC1CC2CCC1(C)C2(C)C. The predicted molar refractivity (Wildman–Crippen MR) is 64.2 cm³/mol. The predicted octanol–water partition coefficient (Wildman–Crippen LogP) is 3.20. The fourth-order valence-electron chi connectivity index (χ4n) is 3.77. The summed E-state index contributed by atoms with van der Waals surface area (Å²) in [6.07, 6.45) is 5.58. The second-order valence-corrected chi connectivity index (χ2v) is 6.32. The van der Waals surface area contributed by atoms with Gasteiger partial charge in [-0.05, 0) is 42.4 Å². The van der Waals surface area contributed by atoms with Crippen LogP contribution in [0.15, 0.2) is 0 Å². The molecule has 0 aliphatic heterocycles. The van der Waals surface area contributed by atoms with E-state index >= 15 is 0 Å². The lowest BCUT2D eigenvalue weighted by Crippen LogP contribution is -2.39. The zero-order chi connectivity index (χ0) is 12.0. The molecule has 4 atom stereocenters. The van der Waals surface area contributed by atoms with Gasteiger partial charge in [0, 0.05) is 0 Å². The molecule has 2 saturated carbocycles. The molecule has 2 aliphatic rings. The zero-order valence-corrected chi connectivity index (χ0v) is 11.0. The van der Waals surface area contributed by atoms with E-state index in [9.17, 15) is 4.79 Å². The highest BCUT2D eigenvalue weighted by molar-refractivity contribution is 5.55. The van der Waals surface area contributed by atoms with Crippen molar-refractivity contribution in [3.05, 3.63) is 0 Å². The van der Waals surface area contributed by atoms with Gasteiger partial charge < -0.3 is 9.53 Å². The Morgan fingerprint density at radius 3 is 2.50 bits per heavy atom. The smallest absolute Gasteiger partial charge is 0.148 e. The molecule has 0 aromatic carbocycles. The minimum absolute atomic E-state index is 0.197. The van der Waals surface area contributed by atoms with Crippen molar-refractivity contribution >= 4 is 6.29 Å². The Morgan fingerprint density at radius 1 is 1.44 bits per heavy atom. The number of hydrogen-bond donors (Lipinski definition) is 0. The van der Waals surface area contributed by atoms with Gasteiger partial charge in [0.2, 0.25) is 0 Å². The van der Waals surface area contributed by atoms with Crippen molar-refractivity contribution in [1.82, 2.24) is 0 Å². The standard InChI is InChI=1S/C14H24O2/c1-5-11(9-15)16-12-8-10-6-7-14(12,4)13(10,2)3/h9-12H,5-8H2,1-4H3. The first-order valence-corrected chi connectivity index (χ1v) is 6.56. The third-order valence-electron chi connectivity index (χ3n) is 5.61. The minimum atomic E-state index is -0.197. The van der Waals surface area contributed by atoms with Crippen molar-refractivity contribution < 1.29 is 9.53 Å². The lowest BCUT2D eigenvalue weighted by atomic mass is 9.70. The van der Waals surface area contributed by atoms with E-state index in [1.54, 1.807) is 0 Å². The largest absolute Gasteiger partial charge is 0.367 e. The van der Waals surface area contributed by atoms with E-state index in [-0.39, 0.29) is 17.6 Å². The monoisotopic (exact) mass is 224 g/mol.